The summed E-state index contributed by atoms with van der Waals surface area (Å²) in [6.07, 6.45) is -0.768. The molecule has 2 aromatic carbocycles. The van der Waals surface area contributed by atoms with Crippen LogP contribution in [-0.2, 0) is 22.6 Å². The number of aliphatic hydroxyl groups is 1. The Morgan fingerprint density at radius 2 is 1.78 bits per heavy atom. The van der Waals surface area contributed by atoms with E-state index in [4.69, 9.17) is 4.74 Å². The van der Waals surface area contributed by atoms with Crippen LogP contribution in [0.2, 0.25) is 0 Å². The molecule has 0 bridgehead atoms. The van der Waals surface area contributed by atoms with Crippen LogP contribution in [0.3, 0.4) is 0 Å². The minimum Gasteiger partial charge on any atom is -0.508 e. The number of aromatic hydroxyl groups is 1. The first-order chi connectivity index (χ1) is 24.4. The maximum Gasteiger partial charge on any atom is 0.407 e. The molecule has 0 saturated carbocycles. The number of phenols is 1. The first kappa shape index (κ1) is 39.5. The molecule has 0 fully saturated rings. The second-order valence-electron chi connectivity index (χ2n) is 13.0. The largest absolute Gasteiger partial charge is 0.508 e. The molecule has 5 atom stereocenters. The summed E-state index contributed by atoms with van der Waals surface area (Å²) in [6.45, 7) is 8.26. The summed E-state index contributed by atoms with van der Waals surface area (Å²) in [7, 11) is 2.00. The van der Waals surface area contributed by atoms with Crippen LogP contribution in [0.15, 0.2) is 77.4 Å². The number of alkyl carbamates (subject to hydrolysis) is 1. The smallest absolute Gasteiger partial charge is 0.407 e. The highest BCUT2D eigenvalue weighted by Crippen LogP contribution is 2.33. The van der Waals surface area contributed by atoms with Crippen LogP contribution >= 0.6 is 23.1 Å². The number of nitrogens with zero attached hydrogens (tertiary/aromatic N) is 2. The van der Waals surface area contributed by atoms with Gasteiger partial charge in [-0.3, -0.25) is 15.1 Å². The molecule has 3 aromatic rings. The van der Waals surface area contributed by atoms with Crippen LogP contribution < -0.4 is 26.6 Å². The fourth-order valence-electron chi connectivity index (χ4n) is 5.52. The van der Waals surface area contributed by atoms with E-state index in [1.165, 1.54) is 23.5 Å². The number of urea groups is 1. The summed E-state index contributed by atoms with van der Waals surface area (Å²) in [4.78, 5) is 46.4. The van der Waals surface area contributed by atoms with Crippen LogP contribution in [0.1, 0.15) is 49.9 Å². The van der Waals surface area contributed by atoms with Crippen LogP contribution in [0.25, 0.3) is 0 Å². The molecule has 51 heavy (non-hydrogen) atoms. The first-order valence-electron chi connectivity index (χ1n) is 16.9. The van der Waals surface area contributed by atoms with E-state index in [9.17, 15) is 24.6 Å². The molecule has 15 heteroatoms. The van der Waals surface area contributed by atoms with Gasteiger partial charge in [-0.2, -0.15) is 0 Å². The van der Waals surface area contributed by atoms with Gasteiger partial charge in [0.15, 0.2) is 0 Å². The third kappa shape index (κ3) is 12.2. The molecular weight excluding hydrogens is 691 g/mol. The summed E-state index contributed by atoms with van der Waals surface area (Å²) < 4.78 is 5.37. The minimum atomic E-state index is -1.13. The lowest BCUT2D eigenvalue weighted by atomic mass is 10.0. The van der Waals surface area contributed by atoms with Crippen molar-refractivity contribution in [3.8, 4) is 5.75 Å². The molecule has 1 aromatic heterocycles. The van der Waals surface area contributed by atoms with Gasteiger partial charge < -0.3 is 41.1 Å². The van der Waals surface area contributed by atoms with E-state index in [-0.39, 0.29) is 24.8 Å². The van der Waals surface area contributed by atoms with Crippen molar-refractivity contribution in [2.75, 3.05) is 20.1 Å². The number of hydrogen-bond donors (Lipinski definition) is 7. The number of ether oxygens (including phenoxy) is 1. The third-order valence-electron chi connectivity index (χ3n) is 8.33. The number of nitrogens with one attached hydrogen (secondary N) is 5. The van der Waals surface area contributed by atoms with Crippen molar-refractivity contribution in [1.29, 1.82) is 0 Å². The van der Waals surface area contributed by atoms with E-state index in [0.29, 0.717) is 29.8 Å². The maximum absolute atomic E-state index is 13.7. The zero-order valence-electron chi connectivity index (χ0n) is 29.5. The van der Waals surface area contributed by atoms with E-state index >= 15 is 0 Å². The molecular formula is C36H49N7O6S2. The van der Waals surface area contributed by atoms with Crippen LogP contribution in [0.5, 0.6) is 5.75 Å². The van der Waals surface area contributed by atoms with Gasteiger partial charge in [-0.25, -0.2) is 9.59 Å². The molecule has 4 amide bonds. The number of benzene rings is 2. The Hall–Kier alpha value is -4.31. The highest BCUT2D eigenvalue weighted by Gasteiger charge is 2.30. The van der Waals surface area contributed by atoms with Gasteiger partial charge in [-0.15, -0.1) is 23.1 Å². The number of amides is 4. The summed E-state index contributed by atoms with van der Waals surface area (Å²) >= 11 is 3.08. The van der Waals surface area contributed by atoms with Crippen LogP contribution in [0, 0.1) is 11.8 Å². The van der Waals surface area contributed by atoms with Gasteiger partial charge in [-0.05, 0) is 46.9 Å². The quantitative estimate of drug-likeness (QED) is 0.0990. The molecule has 13 nitrogen and oxygen atoms in total. The Morgan fingerprint density at radius 3 is 2.43 bits per heavy atom. The van der Waals surface area contributed by atoms with Crippen LogP contribution in [-0.4, -0.2) is 81.8 Å². The lowest BCUT2D eigenvalue weighted by Gasteiger charge is -2.29. The van der Waals surface area contributed by atoms with Crippen molar-refractivity contribution in [2.24, 2.45) is 11.8 Å². The molecule has 0 spiro atoms. The zero-order chi connectivity index (χ0) is 36.9. The number of thiazole rings is 1. The van der Waals surface area contributed by atoms with Gasteiger partial charge in [0.25, 0.3) is 0 Å². The normalized spacial score (nSPS) is 16.6. The van der Waals surface area contributed by atoms with E-state index in [1.807, 2.05) is 56.6 Å². The minimum absolute atomic E-state index is 0.0108. The number of carbonyl (C=O) groups excluding carboxylic acids is 3. The Bertz CT molecular complexity index is 1590. The van der Waals surface area contributed by atoms with Gasteiger partial charge in [0, 0.05) is 25.5 Å². The summed E-state index contributed by atoms with van der Waals surface area (Å²) in [5, 5.41) is 38.6. The summed E-state index contributed by atoms with van der Waals surface area (Å²) in [6, 6.07) is 13.7. The lowest BCUT2D eigenvalue weighted by Crippen LogP contribution is -2.55. The molecule has 276 valence electrons. The predicted octanol–water partition coefficient (Wildman–Crippen LogP) is 4.28. The second-order valence-corrected chi connectivity index (χ2v) is 15.0. The number of hydrogen-bond acceptors (Lipinski definition) is 11. The third-order valence-corrected chi connectivity index (χ3v) is 10.6. The summed E-state index contributed by atoms with van der Waals surface area (Å²) in [5.74, 6) is -0.305. The molecule has 7 N–H and O–H groups in total. The summed E-state index contributed by atoms with van der Waals surface area (Å²) in [5.41, 5.74) is 4.04. The van der Waals surface area contributed by atoms with Crippen LogP contribution in [0.4, 0.5) is 9.59 Å². The molecule has 2 heterocycles. The molecule has 1 aliphatic rings. The topological polar surface area (TPSA) is 177 Å². The van der Waals surface area contributed by atoms with E-state index in [2.05, 4.69) is 50.3 Å². The highest BCUT2D eigenvalue weighted by molar-refractivity contribution is 8.02. The number of phenolic OH excluding ortho intramolecular Hbond substituents is 1. The zero-order valence-corrected chi connectivity index (χ0v) is 31.2. The van der Waals surface area contributed by atoms with Crippen molar-refractivity contribution < 1.29 is 29.3 Å². The van der Waals surface area contributed by atoms with Crippen molar-refractivity contribution >= 4 is 41.1 Å². The van der Waals surface area contributed by atoms with Gasteiger partial charge in [0.2, 0.25) is 5.91 Å². The monoisotopic (exact) mass is 739 g/mol. The molecule has 4 rings (SSSR count). The predicted molar refractivity (Wildman–Crippen MR) is 200 cm³/mol. The Labute approximate surface area is 307 Å². The average Bonchev–Trinajstić information content (AvgIpc) is 3.76. The van der Waals surface area contributed by atoms with E-state index in [1.54, 1.807) is 35.6 Å². The van der Waals surface area contributed by atoms with Gasteiger partial charge in [0.05, 0.1) is 34.5 Å². The number of likely N-dealkylation sites (N-methyl/N-ethyl adjacent to an activating group) is 1. The Balaban J connectivity index is 1.41. The lowest BCUT2D eigenvalue weighted by molar-refractivity contribution is -0.125. The fourth-order valence-corrected chi connectivity index (χ4v) is 7.20. The molecule has 0 aliphatic carbocycles. The molecule has 0 radical (unpaired) electrons. The Kier molecular flexibility index (Phi) is 15.0. The van der Waals surface area contributed by atoms with Crippen molar-refractivity contribution in [3.63, 3.8) is 0 Å². The molecule has 0 saturated heterocycles. The Morgan fingerprint density at radius 1 is 1.02 bits per heavy atom. The fraction of sp³-hybridized carbons (Fsp3) is 0.444. The van der Waals surface area contributed by atoms with Crippen molar-refractivity contribution in [1.82, 2.24) is 36.5 Å². The van der Waals surface area contributed by atoms with Gasteiger partial charge >= 0.3 is 12.1 Å². The highest BCUT2D eigenvalue weighted by atomic mass is 32.2. The number of rotatable bonds is 17. The average molecular weight is 740 g/mol. The van der Waals surface area contributed by atoms with Gasteiger partial charge in [0.1, 0.15) is 24.6 Å². The standard InChI is InChI=1S/C36H49N7O6S2/c1-22(2)31(41-35(47)39-16-26-20-50-34(23(3)4)43(26)5)33(46)42-32(25-12-9-13-27(44)15-25)38-18-30(45)29(14-24-10-7-6-8-11-24)40-36(48)49-19-28-17-37-21-51-28/h6-13,15,17,20-23,29-32,34,38,44-45H,14,16,18-19H2,1-5H3,(H,40,48)(H,42,46)(H2,39,41,47)/t29-,30-,31?,32?,34?/m0/s1. The number of thioether (sulfide) groups is 1. The SMILES string of the molecule is CC(C)C(NC(=O)NCC1=CSC(C(C)C)N1C)C(=O)NC(NC[C@H](O)[C@H](Cc1ccccc1)NC(=O)OCc1cncs1)c1cccc(O)c1. The number of carbonyl (C=O) groups is 3. The van der Waals surface area contributed by atoms with E-state index in [0.717, 1.165) is 16.1 Å². The molecule has 1 aliphatic heterocycles. The molecule has 3 unspecified atom stereocenters. The van der Waals surface area contributed by atoms with Crippen molar-refractivity contribution in [2.45, 2.75) is 70.4 Å². The maximum atomic E-state index is 13.7. The first-order valence-corrected chi connectivity index (χ1v) is 18.7. The number of aliphatic hydroxyl groups excluding tert-OH is 1. The van der Waals surface area contributed by atoms with Gasteiger partial charge in [-0.1, -0.05) is 70.2 Å². The van der Waals surface area contributed by atoms with E-state index < -0.39 is 42.4 Å². The number of aromatic nitrogens is 1. The second kappa shape index (κ2) is 19.3. The van der Waals surface area contributed by atoms with Crippen molar-refractivity contribution in [3.05, 3.63) is 93.4 Å².